The van der Waals surface area contributed by atoms with Crippen molar-refractivity contribution < 1.29 is 9.32 Å². The summed E-state index contributed by atoms with van der Waals surface area (Å²) >= 11 is 1.58. The van der Waals surface area contributed by atoms with Gasteiger partial charge in [0.05, 0.1) is 11.4 Å². The number of aromatic nitrogens is 4. The summed E-state index contributed by atoms with van der Waals surface area (Å²) in [7, 11) is 0. The van der Waals surface area contributed by atoms with Crippen molar-refractivity contribution in [2.75, 3.05) is 13.1 Å². The molecule has 1 amide bonds. The summed E-state index contributed by atoms with van der Waals surface area (Å²) in [5.41, 5.74) is 5.09. The zero-order chi connectivity index (χ0) is 24.2. The summed E-state index contributed by atoms with van der Waals surface area (Å²) in [4.78, 5) is 29.4. The Morgan fingerprint density at radius 3 is 2.74 bits per heavy atom. The third-order valence-electron chi connectivity index (χ3n) is 6.28. The van der Waals surface area contributed by atoms with Gasteiger partial charge in [-0.1, -0.05) is 53.3 Å². The lowest BCUT2D eigenvalue weighted by atomic mass is 9.91. The highest BCUT2D eigenvalue weighted by Crippen LogP contribution is 2.32. The van der Waals surface area contributed by atoms with Crippen LogP contribution in [0.5, 0.6) is 0 Å². The van der Waals surface area contributed by atoms with Crippen molar-refractivity contribution >= 4 is 17.7 Å². The molecule has 0 aliphatic carbocycles. The molecule has 4 aromatic rings. The van der Waals surface area contributed by atoms with Crippen LogP contribution in [0.15, 0.2) is 70.6 Å². The fraction of sp³-hybridized carbons (Fsp3) is 0.296. The highest BCUT2D eigenvalue weighted by atomic mass is 32.2. The molecule has 3 aromatic heterocycles. The lowest BCUT2D eigenvalue weighted by Gasteiger charge is -2.33. The first-order valence-corrected chi connectivity index (χ1v) is 12.8. The zero-order valence-electron chi connectivity index (χ0n) is 19.8. The minimum absolute atomic E-state index is 0.0382. The molecule has 1 saturated heterocycles. The predicted octanol–water partition coefficient (Wildman–Crippen LogP) is 5.46. The molecule has 0 spiro atoms. The first-order valence-electron chi connectivity index (χ1n) is 11.8. The third-order valence-corrected chi connectivity index (χ3v) is 7.18. The Morgan fingerprint density at radius 1 is 1.11 bits per heavy atom. The quantitative estimate of drug-likeness (QED) is 0.265. The Balaban J connectivity index is 1.34. The molecule has 7 nitrogen and oxygen atoms in total. The monoisotopic (exact) mass is 485 g/mol. The van der Waals surface area contributed by atoms with E-state index in [9.17, 15) is 4.79 Å². The number of nitrogens with zero attached hydrogens (tertiary/aromatic N) is 5. The molecule has 178 valence electrons. The van der Waals surface area contributed by atoms with Crippen LogP contribution in [-0.4, -0.2) is 44.0 Å². The Morgan fingerprint density at radius 2 is 1.94 bits per heavy atom. The number of likely N-dealkylation sites (tertiary alicyclic amines) is 1. The van der Waals surface area contributed by atoms with E-state index in [4.69, 9.17) is 9.51 Å². The first kappa shape index (κ1) is 23.2. The number of carbonyl (C=O) groups is 1. The van der Waals surface area contributed by atoms with Crippen LogP contribution in [0, 0.1) is 13.8 Å². The van der Waals surface area contributed by atoms with Crippen LogP contribution in [0.3, 0.4) is 0 Å². The van der Waals surface area contributed by atoms with Gasteiger partial charge in [-0.25, -0.2) is 9.97 Å². The van der Waals surface area contributed by atoms with Gasteiger partial charge in [0.15, 0.2) is 5.16 Å². The van der Waals surface area contributed by atoms with E-state index in [-0.39, 0.29) is 11.8 Å². The molecule has 1 fully saturated rings. The summed E-state index contributed by atoms with van der Waals surface area (Å²) in [6.45, 7) is 5.16. The molecule has 0 radical (unpaired) electrons. The van der Waals surface area contributed by atoms with Crippen molar-refractivity contribution in [3.63, 3.8) is 0 Å². The molecule has 1 aliphatic heterocycles. The molecule has 0 bridgehead atoms. The topological polar surface area (TPSA) is 85.0 Å². The van der Waals surface area contributed by atoms with Gasteiger partial charge in [-0.05, 0) is 44.4 Å². The van der Waals surface area contributed by atoms with Gasteiger partial charge in [-0.3, -0.25) is 9.78 Å². The summed E-state index contributed by atoms with van der Waals surface area (Å²) in [6.07, 6.45) is 5.59. The molecule has 4 heterocycles. The van der Waals surface area contributed by atoms with Crippen LogP contribution in [0.1, 0.15) is 51.8 Å². The average molecular weight is 486 g/mol. The molecule has 1 aliphatic rings. The SMILES string of the molecule is Cc1cnc(SCc2ccccn2)nc1C1CCCN(C(=O)c2c(-c3ccccc3)noc2C)C1. The first-order chi connectivity index (χ1) is 17.1. The van der Waals surface area contributed by atoms with Gasteiger partial charge in [0.25, 0.3) is 5.91 Å². The number of amides is 1. The van der Waals surface area contributed by atoms with E-state index >= 15 is 0 Å². The van der Waals surface area contributed by atoms with Crippen LogP contribution >= 0.6 is 11.8 Å². The van der Waals surface area contributed by atoms with Crippen molar-refractivity contribution in [2.24, 2.45) is 0 Å². The minimum atomic E-state index is -0.0382. The van der Waals surface area contributed by atoms with E-state index in [1.54, 1.807) is 24.9 Å². The molecule has 0 saturated carbocycles. The molecular weight excluding hydrogens is 458 g/mol. The number of rotatable bonds is 6. The van der Waals surface area contributed by atoms with E-state index < -0.39 is 0 Å². The van der Waals surface area contributed by atoms with Crippen molar-refractivity contribution in [1.29, 1.82) is 0 Å². The second kappa shape index (κ2) is 10.4. The maximum atomic E-state index is 13.6. The Bertz CT molecular complexity index is 1310. The summed E-state index contributed by atoms with van der Waals surface area (Å²) < 4.78 is 5.45. The highest BCUT2D eigenvalue weighted by Gasteiger charge is 2.31. The molecular formula is C27H27N5O2S. The van der Waals surface area contributed by atoms with Crippen molar-refractivity contribution in [2.45, 2.75) is 43.5 Å². The van der Waals surface area contributed by atoms with Crippen LogP contribution in [0.4, 0.5) is 0 Å². The molecule has 1 aromatic carbocycles. The third kappa shape index (κ3) is 5.12. The van der Waals surface area contributed by atoms with Gasteiger partial charge in [0.1, 0.15) is 17.0 Å². The summed E-state index contributed by atoms with van der Waals surface area (Å²) in [5, 5.41) is 4.94. The second-order valence-corrected chi connectivity index (χ2v) is 9.69. The number of pyridine rings is 1. The van der Waals surface area contributed by atoms with Crippen LogP contribution in [-0.2, 0) is 5.75 Å². The summed E-state index contributed by atoms with van der Waals surface area (Å²) in [5.74, 6) is 1.38. The van der Waals surface area contributed by atoms with Crippen molar-refractivity contribution in [1.82, 2.24) is 25.0 Å². The maximum Gasteiger partial charge on any atom is 0.259 e. The Labute approximate surface area is 209 Å². The van der Waals surface area contributed by atoms with E-state index in [2.05, 4.69) is 15.1 Å². The van der Waals surface area contributed by atoms with Gasteiger partial charge in [-0.2, -0.15) is 0 Å². The van der Waals surface area contributed by atoms with Gasteiger partial charge in [-0.15, -0.1) is 0 Å². The molecule has 1 atom stereocenters. The lowest BCUT2D eigenvalue weighted by Crippen LogP contribution is -2.39. The average Bonchev–Trinajstić information content (AvgIpc) is 3.30. The number of carbonyl (C=O) groups excluding carboxylic acids is 1. The fourth-order valence-electron chi connectivity index (χ4n) is 4.50. The number of hydrogen-bond acceptors (Lipinski definition) is 7. The maximum absolute atomic E-state index is 13.6. The van der Waals surface area contributed by atoms with Gasteiger partial charge in [0, 0.05) is 42.7 Å². The summed E-state index contributed by atoms with van der Waals surface area (Å²) in [6, 6.07) is 15.6. The van der Waals surface area contributed by atoms with Crippen molar-refractivity contribution in [3.8, 4) is 11.3 Å². The number of piperidine rings is 1. The predicted molar refractivity (Wildman–Crippen MR) is 135 cm³/mol. The van der Waals surface area contributed by atoms with E-state index in [1.165, 1.54) is 0 Å². The number of aryl methyl sites for hydroxylation is 2. The number of hydrogen-bond donors (Lipinski definition) is 0. The van der Waals surface area contributed by atoms with E-state index in [1.807, 2.05) is 66.6 Å². The minimum Gasteiger partial charge on any atom is -0.360 e. The van der Waals surface area contributed by atoms with Gasteiger partial charge in [0.2, 0.25) is 0 Å². The number of thioether (sulfide) groups is 1. The largest absolute Gasteiger partial charge is 0.360 e. The molecule has 1 unspecified atom stereocenters. The van der Waals surface area contributed by atoms with Crippen LogP contribution < -0.4 is 0 Å². The normalized spacial score (nSPS) is 15.8. The number of benzene rings is 1. The Hall–Kier alpha value is -3.52. The standard InChI is InChI=1S/C27H27N5O2S/c1-18-15-29-27(35-17-22-12-6-7-13-28-22)30-24(18)21-11-8-14-32(16-21)26(33)23-19(2)34-31-25(23)20-9-4-3-5-10-20/h3-7,9-10,12-13,15,21H,8,11,14,16-17H2,1-2H3. The van der Waals surface area contributed by atoms with Crippen LogP contribution in [0.2, 0.25) is 0 Å². The van der Waals surface area contributed by atoms with Crippen LogP contribution in [0.25, 0.3) is 11.3 Å². The second-order valence-electron chi connectivity index (χ2n) is 8.75. The molecule has 8 heteroatoms. The molecule has 35 heavy (non-hydrogen) atoms. The van der Waals surface area contributed by atoms with Gasteiger partial charge >= 0.3 is 0 Å². The van der Waals surface area contributed by atoms with E-state index in [0.717, 1.165) is 40.5 Å². The fourth-order valence-corrected chi connectivity index (χ4v) is 5.24. The molecule has 0 N–H and O–H groups in total. The highest BCUT2D eigenvalue weighted by molar-refractivity contribution is 7.98. The van der Waals surface area contributed by atoms with E-state index in [0.29, 0.717) is 35.9 Å². The molecule has 5 rings (SSSR count). The van der Waals surface area contributed by atoms with Gasteiger partial charge < -0.3 is 9.42 Å². The lowest BCUT2D eigenvalue weighted by molar-refractivity contribution is 0.0704. The van der Waals surface area contributed by atoms with Crippen molar-refractivity contribution in [3.05, 3.63) is 89.2 Å². The Kier molecular flexibility index (Phi) is 6.90. The smallest absolute Gasteiger partial charge is 0.259 e. The zero-order valence-corrected chi connectivity index (χ0v) is 20.7.